The molecule has 3 rings (SSSR count). The minimum Gasteiger partial charge on any atom is -0.465 e. The third kappa shape index (κ3) is 5.40. The molecular formula is C21H23N3O5S. The smallest absolute Gasteiger partial charge is 0.337 e. The van der Waals surface area contributed by atoms with Crippen molar-refractivity contribution in [2.45, 2.75) is 31.3 Å². The van der Waals surface area contributed by atoms with Crippen LogP contribution in [0.4, 0.5) is 0 Å². The first-order chi connectivity index (χ1) is 14.5. The van der Waals surface area contributed by atoms with Gasteiger partial charge < -0.3 is 20.1 Å². The first-order valence-electron chi connectivity index (χ1n) is 9.65. The summed E-state index contributed by atoms with van der Waals surface area (Å²) in [7, 11) is 1.30. The number of rotatable bonds is 7. The van der Waals surface area contributed by atoms with Crippen LogP contribution in [0, 0.1) is 11.3 Å². The number of hydrogen-bond donors (Lipinski definition) is 2. The van der Waals surface area contributed by atoms with Crippen LogP contribution in [0.5, 0.6) is 0 Å². The zero-order valence-electron chi connectivity index (χ0n) is 16.6. The summed E-state index contributed by atoms with van der Waals surface area (Å²) in [5.41, 5.74) is 1.54. The van der Waals surface area contributed by atoms with Gasteiger partial charge in [-0.1, -0.05) is 23.9 Å². The normalized spacial score (nSPS) is 21.0. The van der Waals surface area contributed by atoms with E-state index in [1.807, 2.05) is 0 Å². The summed E-state index contributed by atoms with van der Waals surface area (Å²) in [6, 6.07) is 8.81. The van der Waals surface area contributed by atoms with Gasteiger partial charge in [0.2, 0.25) is 11.8 Å². The number of benzene rings is 1. The van der Waals surface area contributed by atoms with Crippen molar-refractivity contribution in [1.82, 2.24) is 10.6 Å². The predicted octanol–water partition coefficient (Wildman–Crippen LogP) is 1.84. The number of nitriles is 1. The van der Waals surface area contributed by atoms with Gasteiger partial charge in [0, 0.05) is 25.5 Å². The van der Waals surface area contributed by atoms with Gasteiger partial charge in [-0.3, -0.25) is 9.59 Å². The second-order valence-electron chi connectivity index (χ2n) is 7.00. The Labute approximate surface area is 179 Å². The molecule has 2 amide bonds. The van der Waals surface area contributed by atoms with Crippen LogP contribution in [0.2, 0.25) is 0 Å². The Morgan fingerprint density at radius 1 is 1.37 bits per heavy atom. The van der Waals surface area contributed by atoms with Crippen LogP contribution in [0.15, 0.2) is 34.9 Å². The average Bonchev–Trinajstić information content (AvgIpc) is 3.29. The number of esters is 1. The van der Waals surface area contributed by atoms with Crippen LogP contribution in [-0.4, -0.2) is 49.9 Å². The van der Waals surface area contributed by atoms with Crippen molar-refractivity contribution in [2.75, 3.05) is 26.0 Å². The van der Waals surface area contributed by atoms with Crippen molar-refractivity contribution < 1.29 is 23.9 Å². The maximum atomic E-state index is 12.2. The molecule has 1 saturated heterocycles. The third-order valence-corrected chi connectivity index (χ3v) is 6.01. The minimum atomic E-state index is -0.454. The number of thioether (sulfide) groups is 1. The molecule has 0 bridgehead atoms. The van der Waals surface area contributed by atoms with Gasteiger partial charge in [0.25, 0.3) is 0 Å². The first-order valence-corrected chi connectivity index (χ1v) is 10.6. The SMILES string of the molecule is COC(=O)c1ccc([C@H]2CC(=O)NC(SCC(=O)NC[C@H]3CCCO3)=C2C#N)cc1. The minimum absolute atomic E-state index is 0.0551. The summed E-state index contributed by atoms with van der Waals surface area (Å²) < 4.78 is 10.2. The lowest BCUT2D eigenvalue weighted by Crippen LogP contribution is -2.34. The third-order valence-electron chi connectivity index (χ3n) is 4.99. The van der Waals surface area contributed by atoms with Gasteiger partial charge in [-0.05, 0) is 30.5 Å². The van der Waals surface area contributed by atoms with E-state index in [1.54, 1.807) is 24.3 Å². The van der Waals surface area contributed by atoms with E-state index in [-0.39, 0.29) is 30.1 Å². The second-order valence-corrected chi connectivity index (χ2v) is 7.99. The van der Waals surface area contributed by atoms with Gasteiger partial charge in [-0.15, -0.1) is 0 Å². The summed E-state index contributed by atoms with van der Waals surface area (Å²) in [5, 5.41) is 15.6. The van der Waals surface area contributed by atoms with Gasteiger partial charge in [-0.25, -0.2) is 4.79 Å². The van der Waals surface area contributed by atoms with Crippen molar-refractivity contribution in [3.8, 4) is 6.07 Å². The molecule has 0 spiro atoms. The maximum absolute atomic E-state index is 12.2. The molecule has 2 atom stereocenters. The molecule has 0 unspecified atom stereocenters. The van der Waals surface area contributed by atoms with E-state index < -0.39 is 11.9 Å². The van der Waals surface area contributed by atoms with E-state index in [2.05, 4.69) is 16.7 Å². The number of methoxy groups -OCH3 is 1. The summed E-state index contributed by atoms with van der Waals surface area (Å²) >= 11 is 1.13. The number of nitrogens with zero attached hydrogens (tertiary/aromatic N) is 1. The Bertz CT molecular complexity index is 885. The Morgan fingerprint density at radius 2 is 2.13 bits per heavy atom. The van der Waals surface area contributed by atoms with Crippen molar-refractivity contribution >= 4 is 29.5 Å². The van der Waals surface area contributed by atoms with E-state index in [0.29, 0.717) is 22.7 Å². The number of hydrogen-bond acceptors (Lipinski definition) is 7. The first kappa shape index (κ1) is 21.9. The number of amides is 2. The van der Waals surface area contributed by atoms with Crippen LogP contribution < -0.4 is 10.6 Å². The summed E-state index contributed by atoms with van der Waals surface area (Å²) in [6.45, 7) is 1.19. The lowest BCUT2D eigenvalue weighted by molar-refractivity contribution is -0.121. The topological polar surface area (TPSA) is 118 Å². The Balaban J connectivity index is 1.68. The van der Waals surface area contributed by atoms with Crippen LogP contribution in [0.1, 0.15) is 41.1 Å². The maximum Gasteiger partial charge on any atom is 0.337 e. The van der Waals surface area contributed by atoms with E-state index in [4.69, 9.17) is 9.47 Å². The second kappa shape index (κ2) is 10.3. The van der Waals surface area contributed by atoms with Crippen molar-refractivity contribution in [3.63, 3.8) is 0 Å². The monoisotopic (exact) mass is 429 g/mol. The lowest BCUT2D eigenvalue weighted by Gasteiger charge is -2.25. The van der Waals surface area contributed by atoms with Crippen LogP contribution >= 0.6 is 11.8 Å². The van der Waals surface area contributed by atoms with Crippen LogP contribution in [0.3, 0.4) is 0 Å². The van der Waals surface area contributed by atoms with Gasteiger partial charge in [-0.2, -0.15) is 5.26 Å². The van der Waals surface area contributed by atoms with Gasteiger partial charge in [0.05, 0.1) is 41.2 Å². The van der Waals surface area contributed by atoms with Crippen molar-refractivity contribution in [3.05, 3.63) is 46.0 Å². The molecule has 8 nitrogen and oxygen atoms in total. The fraction of sp³-hybridized carbons (Fsp3) is 0.429. The highest BCUT2D eigenvalue weighted by Gasteiger charge is 2.30. The molecule has 9 heteroatoms. The van der Waals surface area contributed by atoms with E-state index >= 15 is 0 Å². The highest BCUT2D eigenvalue weighted by atomic mass is 32.2. The molecule has 158 valence electrons. The Hall–Kier alpha value is -2.83. The lowest BCUT2D eigenvalue weighted by atomic mass is 9.87. The van der Waals surface area contributed by atoms with Crippen molar-refractivity contribution in [1.29, 1.82) is 5.26 Å². The zero-order valence-corrected chi connectivity index (χ0v) is 17.4. The molecular weight excluding hydrogens is 406 g/mol. The highest BCUT2D eigenvalue weighted by Crippen LogP contribution is 2.36. The van der Waals surface area contributed by atoms with E-state index in [9.17, 15) is 19.6 Å². The fourth-order valence-electron chi connectivity index (χ4n) is 3.41. The van der Waals surface area contributed by atoms with Crippen LogP contribution in [-0.2, 0) is 19.1 Å². The molecule has 0 aliphatic carbocycles. The molecule has 1 fully saturated rings. The quantitative estimate of drug-likeness (QED) is 0.635. The molecule has 2 heterocycles. The van der Waals surface area contributed by atoms with E-state index in [1.165, 1.54) is 7.11 Å². The molecule has 30 heavy (non-hydrogen) atoms. The summed E-state index contributed by atoms with van der Waals surface area (Å²) in [6.07, 6.45) is 2.11. The molecule has 1 aromatic carbocycles. The standard InChI is InChI=1S/C21H23N3O5S/c1-28-21(27)14-6-4-13(5-7-14)16-9-18(25)24-20(17(16)10-22)30-12-19(26)23-11-15-3-2-8-29-15/h4-7,15-16H,2-3,8-9,11-12H2,1H3,(H,23,26)(H,24,25)/t15-,16-/m1/s1. The van der Waals surface area contributed by atoms with Gasteiger partial charge in [0.1, 0.15) is 0 Å². The molecule has 0 saturated carbocycles. The number of ether oxygens (including phenoxy) is 2. The Morgan fingerprint density at radius 3 is 2.77 bits per heavy atom. The number of carbonyl (C=O) groups is 3. The number of carbonyl (C=O) groups excluding carboxylic acids is 3. The molecule has 0 radical (unpaired) electrons. The summed E-state index contributed by atoms with van der Waals surface area (Å²) in [4.78, 5) is 36.0. The number of allylic oxidation sites excluding steroid dienone is 1. The molecule has 2 aliphatic heterocycles. The summed E-state index contributed by atoms with van der Waals surface area (Å²) in [5.74, 6) is -1.21. The molecule has 2 aliphatic rings. The zero-order chi connectivity index (χ0) is 21.5. The van der Waals surface area contributed by atoms with Crippen molar-refractivity contribution in [2.24, 2.45) is 0 Å². The number of nitrogens with one attached hydrogen (secondary N) is 2. The van der Waals surface area contributed by atoms with Crippen LogP contribution in [0.25, 0.3) is 0 Å². The Kier molecular flexibility index (Phi) is 7.49. The van der Waals surface area contributed by atoms with Gasteiger partial charge in [0.15, 0.2) is 0 Å². The predicted molar refractivity (Wildman–Crippen MR) is 110 cm³/mol. The largest absolute Gasteiger partial charge is 0.465 e. The molecule has 0 aromatic heterocycles. The fourth-order valence-corrected chi connectivity index (χ4v) is 4.32. The molecule has 1 aromatic rings. The molecule has 2 N–H and O–H groups in total. The average molecular weight is 429 g/mol. The van der Waals surface area contributed by atoms with Gasteiger partial charge >= 0.3 is 5.97 Å². The highest BCUT2D eigenvalue weighted by molar-refractivity contribution is 8.03. The van der Waals surface area contributed by atoms with E-state index in [0.717, 1.165) is 36.8 Å².